The highest BCUT2D eigenvalue weighted by molar-refractivity contribution is 5.30. The molecule has 198 valence electrons. The van der Waals surface area contributed by atoms with Crippen LogP contribution in [0.2, 0.25) is 0 Å². The molecule has 2 aliphatic rings. The zero-order valence-corrected chi connectivity index (χ0v) is 21.7. The molecule has 5 rings (SSSR count). The molecule has 0 spiro atoms. The second-order valence-electron chi connectivity index (χ2n) is 10.6. The van der Waals surface area contributed by atoms with Crippen molar-refractivity contribution in [3.05, 3.63) is 83.3 Å². The van der Waals surface area contributed by atoms with Gasteiger partial charge in [0.05, 0.1) is 19.3 Å². The van der Waals surface area contributed by atoms with Crippen molar-refractivity contribution in [1.29, 1.82) is 0 Å². The predicted molar refractivity (Wildman–Crippen MR) is 139 cm³/mol. The van der Waals surface area contributed by atoms with Gasteiger partial charge in [-0.15, -0.1) is 0 Å². The van der Waals surface area contributed by atoms with E-state index in [9.17, 15) is 9.50 Å². The van der Waals surface area contributed by atoms with E-state index < -0.39 is 5.60 Å². The van der Waals surface area contributed by atoms with E-state index in [-0.39, 0.29) is 17.8 Å². The van der Waals surface area contributed by atoms with Crippen LogP contribution in [0.4, 0.5) is 4.39 Å². The Balaban J connectivity index is 1.28. The molecule has 1 N–H and O–H groups in total. The maximum Gasteiger partial charge on any atom is 0.240 e. The predicted octanol–water partition coefficient (Wildman–Crippen LogP) is 5.84. The van der Waals surface area contributed by atoms with Gasteiger partial charge in [-0.05, 0) is 60.9 Å². The molecule has 3 atom stereocenters. The maximum absolute atomic E-state index is 13.3. The summed E-state index contributed by atoms with van der Waals surface area (Å²) in [5, 5.41) is 16.4. The number of ether oxygens (including phenoxy) is 1. The highest BCUT2D eigenvalue weighted by Crippen LogP contribution is 2.43. The lowest BCUT2D eigenvalue weighted by atomic mass is 9.73. The standard InChI is InChI=1S/C30H38FN3O3/c1-2-23-17-18-34(19-27(23)36-21-22-13-15-26(31)16-14-22)20-28-32-29(33-37-28)30(35,24-9-5-3-6-10-24)25-11-7-4-8-12-25/h3,5-6,9-10,13-16,23,25,27,35H,2,4,7-8,11-12,17-21H2,1H3. The normalized spacial score (nSPS) is 23.1. The zero-order chi connectivity index (χ0) is 25.7. The van der Waals surface area contributed by atoms with Gasteiger partial charge in [0.1, 0.15) is 5.82 Å². The lowest BCUT2D eigenvalue weighted by molar-refractivity contribution is -0.0510. The molecule has 2 heterocycles. The van der Waals surface area contributed by atoms with Crippen molar-refractivity contribution in [1.82, 2.24) is 15.0 Å². The van der Waals surface area contributed by atoms with Crippen LogP contribution in [0.15, 0.2) is 59.1 Å². The fraction of sp³-hybridized carbons (Fsp3) is 0.533. The lowest BCUT2D eigenvalue weighted by Gasteiger charge is -2.37. The van der Waals surface area contributed by atoms with Crippen LogP contribution in [0, 0.1) is 17.7 Å². The summed E-state index contributed by atoms with van der Waals surface area (Å²) in [6.45, 7) is 4.89. The summed E-state index contributed by atoms with van der Waals surface area (Å²) in [6, 6.07) is 16.3. The van der Waals surface area contributed by atoms with Gasteiger partial charge in [-0.3, -0.25) is 4.90 Å². The summed E-state index contributed by atoms with van der Waals surface area (Å²) in [7, 11) is 0. The molecule has 1 saturated carbocycles. The van der Waals surface area contributed by atoms with Crippen LogP contribution in [-0.4, -0.2) is 39.3 Å². The molecule has 3 unspecified atom stereocenters. The van der Waals surface area contributed by atoms with Gasteiger partial charge in [0.2, 0.25) is 11.7 Å². The van der Waals surface area contributed by atoms with E-state index in [1.165, 1.54) is 18.6 Å². The Bertz CT molecular complexity index is 1120. The number of hydrogen-bond donors (Lipinski definition) is 1. The van der Waals surface area contributed by atoms with Gasteiger partial charge >= 0.3 is 0 Å². The number of hydrogen-bond acceptors (Lipinski definition) is 6. The van der Waals surface area contributed by atoms with Crippen LogP contribution in [0.5, 0.6) is 0 Å². The van der Waals surface area contributed by atoms with E-state index in [0.29, 0.717) is 30.8 Å². The number of halogens is 1. The molecule has 3 aromatic rings. The Morgan fingerprint density at radius 3 is 2.54 bits per heavy atom. The summed E-state index contributed by atoms with van der Waals surface area (Å²) >= 11 is 0. The topological polar surface area (TPSA) is 71.6 Å². The average Bonchev–Trinajstić information content (AvgIpc) is 3.42. The Kier molecular flexibility index (Phi) is 8.33. The van der Waals surface area contributed by atoms with Gasteiger partial charge in [-0.2, -0.15) is 4.98 Å². The van der Waals surface area contributed by atoms with Gasteiger partial charge in [-0.25, -0.2) is 4.39 Å². The molecule has 0 radical (unpaired) electrons. The second kappa shape index (κ2) is 11.8. The van der Waals surface area contributed by atoms with Gasteiger partial charge in [0, 0.05) is 6.54 Å². The Morgan fingerprint density at radius 2 is 1.81 bits per heavy atom. The first-order valence-corrected chi connectivity index (χ1v) is 13.8. The van der Waals surface area contributed by atoms with Crippen LogP contribution in [-0.2, 0) is 23.5 Å². The van der Waals surface area contributed by atoms with Crippen molar-refractivity contribution in [3.8, 4) is 0 Å². The third kappa shape index (κ3) is 5.95. The van der Waals surface area contributed by atoms with Crippen molar-refractivity contribution >= 4 is 0 Å². The van der Waals surface area contributed by atoms with E-state index in [0.717, 1.165) is 62.7 Å². The van der Waals surface area contributed by atoms with Crippen LogP contribution in [0.25, 0.3) is 0 Å². The molecule has 2 fully saturated rings. The number of likely N-dealkylation sites (tertiary alicyclic amines) is 1. The average molecular weight is 508 g/mol. The third-order valence-corrected chi connectivity index (χ3v) is 8.26. The molecule has 1 aliphatic heterocycles. The van der Waals surface area contributed by atoms with Gasteiger partial charge < -0.3 is 14.4 Å². The number of aliphatic hydroxyl groups is 1. The van der Waals surface area contributed by atoms with Crippen molar-refractivity contribution < 1.29 is 18.8 Å². The summed E-state index contributed by atoms with van der Waals surface area (Å²) in [5.41, 5.74) is 0.546. The fourth-order valence-corrected chi connectivity index (χ4v) is 6.04. The first-order chi connectivity index (χ1) is 18.1. The van der Waals surface area contributed by atoms with Crippen molar-refractivity contribution in [2.45, 2.75) is 76.7 Å². The van der Waals surface area contributed by atoms with Crippen LogP contribution in [0.1, 0.15) is 74.7 Å². The molecule has 1 saturated heterocycles. The molecule has 37 heavy (non-hydrogen) atoms. The van der Waals surface area contributed by atoms with E-state index >= 15 is 0 Å². The second-order valence-corrected chi connectivity index (χ2v) is 10.6. The SMILES string of the molecule is CCC1CCN(Cc2nc(C(O)(c3ccccc3)C3CCCCC3)no2)CC1OCc1ccc(F)cc1. The summed E-state index contributed by atoms with van der Waals surface area (Å²) in [6.07, 6.45) is 7.48. The van der Waals surface area contributed by atoms with E-state index in [4.69, 9.17) is 14.2 Å². The van der Waals surface area contributed by atoms with Gasteiger partial charge in [0.15, 0.2) is 5.60 Å². The number of rotatable bonds is 9. The highest BCUT2D eigenvalue weighted by Gasteiger charge is 2.44. The Hall–Kier alpha value is -2.61. The minimum atomic E-state index is -1.25. The van der Waals surface area contributed by atoms with Crippen molar-refractivity contribution in [3.63, 3.8) is 0 Å². The summed E-state index contributed by atoms with van der Waals surface area (Å²) < 4.78 is 25.3. The van der Waals surface area contributed by atoms with E-state index in [1.54, 1.807) is 12.1 Å². The van der Waals surface area contributed by atoms with Crippen molar-refractivity contribution in [2.24, 2.45) is 11.8 Å². The van der Waals surface area contributed by atoms with E-state index in [2.05, 4.69) is 17.0 Å². The highest BCUT2D eigenvalue weighted by atomic mass is 19.1. The Labute approximate surface area is 218 Å². The van der Waals surface area contributed by atoms with Crippen LogP contribution < -0.4 is 0 Å². The summed E-state index contributed by atoms with van der Waals surface area (Å²) in [4.78, 5) is 7.04. The number of piperidine rings is 1. The third-order valence-electron chi connectivity index (χ3n) is 8.26. The van der Waals surface area contributed by atoms with Gasteiger partial charge in [0.25, 0.3) is 0 Å². The van der Waals surface area contributed by atoms with Crippen LogP contribution in [0.3, 0.4) is 0 Å². The molecular weight excluding hydrogens is 469 g/mol. The number of aromatic nitrogens is 2. The first-order valence-electron chi connectivity index (χ1n) is 13.8. The monoisotopic (exact) mass is 507 g/mol. The number of benzene rings is 2. The molecule has 0 amide bonds. The summed E-state index contributed by atoms with van der Waals surface area (Å²) in [5.74, 6) is 1.20. The zero-order valence-electron chi connectivity index (χ0n) is 21.7. The smallest absolute Gasteiger partial charge is 0.240 e. The molecular formula is C30H38FN3O3. The molecule has 0 bridgehead atoms. The Morgan fingerprint density at radius 1 is 1.05 bits per heavy atom. The maximum atomic E-state index is 13.3. The number of nitrogens with zero attached hydrogens (tertiary/aromatic N) is 3. The lowest BCUT2D eigenvalue weighted by Crippen LogP contribution is -2.44. The van der Waals surface area contributed by atoms with Crippen LogP contribution >= 0.6 is 0 Å². The largest absolute Gasteiger partial charge is 0.377 e. The van der Waals surface area contributed by atoms with E-state index in [1.807, 2.05) is 30.3 Å². The minimum absolute atomic E-state index is 0.0682. The molecule has 7 heteroatoms. The molecule has 2 aromatic carbocycles. The minimum Gasteiger partial charge on any atom is -0.377 e. The molecule has 6 nitrogen and oxygen atoms in total. The molecule has 1 aromatic heterocycles. The van der Waals surface area contributed by atoms with Crippen molar-refractivity contribution in [2.75, 3.05) is 13.1 Å². The molecule has 1 aliphatic carbocycles. The quantitative estimate of drug-likeness (QED) is 0.392. The van der Waals surface area contributed by atoms with Gasteiger partial charge in [-0.1, -0.05) is 80.2 Å². The fourth-order valence-electron chi connectivity index (χ4n) is 6.04. The first kappa shape index (κ1) is 26.0.